The maximum atomic E-state index is 15.2. The van der Waals surface area contributed by atoms with Gasteiger partial charge in [-0.1, -0.05) is 0 Å². The molecule has 2 amide bonds. The Hall–Kier alpha value is -6.98. The van der Waals surface area contributed by atoms with Gasteiger partial charge in [-0.2, -0.15) is 25.7 Å². The predicted molar refractivity (Wildman–Crippen MR) is 231 cm³/mol. The van der Waals surface area contributed by atoms with E-state index in [0.717, 1.165) is 47.5 Å². The molecule has 65 heavy (non-hydrogen) atoms. The Labute approximate surface area is 372 Å². The zero-order valence-electron chi connectivity index (χ0n) is 36.4. The Morgan fingerprint density at radius 1 is 0.708 bits per heavy atom. The number of hydrogen-bond acceptors (Lipinski definition) is 11. The molecule has 17 nitrogen and oxygen atoms in total. The summed E-state index contributed by atoms with van der Waals surface area (Å²) in [5.41, 5.74) is 6.01. The monoisotopic (exact) mass is 891 g/mol. The maximum absolute atomic E-state index is 15.2. The normalized spacial score (nSPS) is 17.9. The number of aryl methyl sites for hydroxylation is 2. The highest BCUT2D eigenvalue weighted by molar-refractivity contribution is 5.77. The fourth-order valence-electron chi connectivity index (χ4n) is 8.90. The Balaban J connectivity index is 0.000000164. The minimum atomic E-state index is -0.600. The van der Waals surface area contributed by atoms with E-state index in [4.69, 9.17) is 19.7 Å². The predicted octanol–water partition coefficient (Wildman–Crippen LogP) is 6.08. The van der Waals surface area contributed by atoms with Crippen molar-refractivity contribution in [1.82, 2.24) is 48.9 Å². The van der Waals surface area contributed by atoms with E-state index in [0.29, 0.717) is 99.3 Å². The van der Waals surface area contributed by atoms with Gasteiger partial charge in [0.05, 0.1) is 73.8 Å². The number of rotatable bonds is 8. The third-order valence-corrected chi connectivity index (χ3v) is 12.4. The molecule has 338 valence electrons. The molecule has 8 heterocycles. The second-order valence-electron chi connectivity index (χ2n) is 16.7. The van der Waals surface area contributed by atoms with E-state index in [1.807, 2.05) is 9.36 Å². The van der Waals surface area contributed by atoms with Crippen molar-refractivity contribution in [2.75, 3.05) is 50.2 Å². The lowest BCUT2D eigenvalue weighted by atomic mass is 10.0. The lowest BCUT2D eigenvalue weighted by Crippen LogP contribution is -2.35. The summed E-state index contributed by atoms with van der Waals surface area (Å²) in [6, 6.07) is 7.49. The SMILES string of the molecule is CC(=O)N1CCc2c(c(Nc3cc(C#N)c(-c4cnn(C)c4)cc3F)nn2C2CCOC2)C1.CC(=O)N1CCc2c(c(Nc3cc(F)c(-c4cnn(C)c4)cc3F)nn2C2CCOC2)C1. The Bertz CT molecular complexity index is 2830. The van der Waals surface area contributed by atoms with Crippen LogP contribution in [0.25, 0.3) is 22.3 Å². The van der Waals surface area contributed by atoms with Crippen LogP contribution < -0.4 is 10.6 Å². The Morgan fingerprint density at radius 2 is 1.18 bits per heavy atom. The van der Waals surface area contributed by atoms with Crippen LogP contribution in [0.2, 0.25) is 0 Å². The molecule has 10 rings (SSSR count). The first-order valence-corrected chi connectivity index (χ1v) is 21.5. The molecule has 20 heteroatoms. The fraction of sp³-hybridized carbons (Fsp3) is 0.400. The number of fused-ring (bicyclic) bond motifs is 2. The van der Waals surface area contributed by atoms with E-state index in [-0.39, 0.29) is 40.8 Å². The lowest BCUT2D eigenvalue weighted by Gasteiger charge is -2.27. The molecular weight excluding hydrogens is 844 g/mol. The number of anilines is 4. The number of amides is 2. The molecule has 0 aliphatic carbocycles. The molecule has 6 aromatic rings. The molecule has 0 saturated carbocycles. The van der Waals surface area contributed by atoms with Gasteiger partial charge in [0.15, 0.2) is 11.6 Å². The summed E-state index contributed by atoms with van der Waals surface area (Å²) in [6.45, 7) is 7.55. The number of benzene rings is 2. The van der Waals surface area contributed by atoms with Gasteiger partial charge in [-0.3, -0.25) is 28.3 Å². The molecular formula is C45H48F3N13O4. The minimum Gasteiger partial charge on any atom is -0.379 e. The summed E-state index contributed by atoms with van der Waals surface area (Å²) in [6.07, 6.45) is 9.47. The van der Waals surface area contributed by atoms with Crippen LogP contribution in [0.3, 0.4) is 0 Å². The molecule has 4 aliphatic heterocycles. The van der Waals surface area contributed by atoms with Gasteiger partial charge < -0.3 is 29.9 Å². The van der Waals surface area contributed by atoms with Gasteiger partial charge in [-0.15, -0.1) is 0 Å². The lowest BCUT2D eigenvalue weighted by molar-refractivity contribution is -0.130. The molecule has 2 saturated heterocycles. The van der Waals surface area contributed by atoms with Crippen LogP contribution in [0.1, 0.15) is 66.9 Å². The largest absolute Gasteiger partial charge is 0.379 e. The summed E-state index contributed by atoms with van der Waals surface area (Å²) < 4.78 is 63.1. The number of hydrogen-bond donors (Lipinski definition) is 2. The Kier molecular flexibility index (Phi) is 11.9. The molecule has 0 bridgehead atoms. The van der Waals surface area contributed by atoms with Crippen molar-refractivity contribution in [3.05, 3.63) is 94.6 Å². The van der Waals surface area contributed by atoms with Gasteiger partial charge in [0.1, 0.15) is 17.5 Å². The maximum Gasteiger partial charge on any atom is 0.219 e. The van der Waals surface area contributed by atoms with Crippen LogP contribution in [0, 0.1) is 28.8 Å². The quantitative estimate of drug-likeness (QED) is 0.181. The van der Waals surface area contributed by atoms with Crippen molar-refractivity contribution in [3.63, 3.8) is 0 Å². The van der Waals surface area contributed by atoms with Crippen LogP contribution in [-0.2, 0) is 59.1 Å². The number of carbonyl (C=O) groups is 2. The number of nitrogens with one attached hydrogen (secondary N) is 2. The standard InChI is InChI=1S/C23H24FN7O2.C22H24F2N6O2/c1-14(32)30-5-3-22-19(12-30)23(28-31(22)17-4-6-33-13-17)27-21-7-15(9-25)18(8-20(21)24)16-10-26-29(2)11-16;1-13(31)29-5-3-21-17(11-29)22(27-30(21)15-4-6-32-12-15)26-20-8-18(23)16(7-19(20)24)14-9-25-28(2)10-14/h7-8,10-11,17H,3-6,12-13H2,1-2H3,(H,27,28);7-10,15H,3-6,11-12H2,1-2H3,(H,26,27). The van der Waals surface area contributed by atoms with Crippen molar-refractivity contribution >= 4 is 34.8 Å². The van der Waals surface area contributed by atoms with Crippen molar-refractivity contribution in [1.29, 1.82) is 5.26 Å². The summed E-state index contributed by atoms with van der Waals surface area (Å²) >= 11 is 0. The van der Waals surface area contributed by atoms with E-state index in [1.165, 1.54) is 29.9 Å². The topological polar surface area (TPSA) is 178 Å². The van der Waals surface area contributed by atoms with Crippen LogP contribution in [-0.4, -0.2) is 100 Å². The smallest absolute Gasteiger partial charge is 0.219 e. The highest BCUT2D eigenvalue weighted by Gasteiger charge is 2.33. The second-order valence-corrected chi connectivity index (χ2v) is 16.7. The van der Waals surface area contributed by atoms with Crippen LogP contribution in [0.5, 0.6) is 0 Å². The summed E-state index contributed by atoms with van der Waals surface area (Å²) in [5.74, 6) is -0.773. The summed E-state index contributed by atoms with van der Waals surface area (Å²) in [5, 5.41) is 33.4. The molecule has 4 aromatic heterocycles. The van der Waals surface area contributed by atoms with Crippen molar-refractivity contribution in [2.45, 2.75) is 64.7 Å². The molecule has 0 spiro atoms. The van der Waals surface area contributed by atoms with E-state index in [1.54, 1.807) is 54.1 Å². The second kappa shape index (κ2) is 17.9. The number of halogens is 3. The van der Waals surface area contributed by atoms with Gasteiger partial charge in [0, 0.05) is 130 Å². The van der Waals surface area contributed by atoms with Crippen molar-refractivity contribution in [3.8, 4) is 28.3 Å². The minimum absolute atomic E-state index is 0.00906. The third-order valence-electron chi connectivity index (χ3n) is 12.4. The van der Waals surface area contributed by atoms with Crippen LogP contribution >= 0.6 is 0 Å². The first kappa shape index (κ1) is 43.3. The van der Waals surface area contributed by atoms with Gasteiger partial charge >= 0.3 is 0 Å². The van der Waals surface area contributed by atoms with Gasteiger partial charge in [-0.25, -0.2) is 13.2 Å². The van der Waals surface area contributed by atoms with Crippen molar-refractivity contribution in [2.24, 2.45) is 14.1 Å². The highest BCUT2D eigenvalue weighted by Crippen LogP contribution is 2.37. The van der Waals surface area contributed by atoms with E-state index in [9.17, 15) is 23.6 Å². The average Bonchev–Trinajstić information content (AvgIpc) is 4.16. The van der Waals surface area contributed by atoms with Gasteiger partial charge in [-0.05, 0) is 31.0 Å². The number of nitrogens with zero attached hydrogens (tertiary/aromatic N) is 11. The molecule has 0 radical (unpaired) electrons. The number of ether oxygens (including phenoxy) is 2. The van der Waals surface area contributed by atoms with E-state index in [2.05, 4.69) is 26.9 Å². The van der Waals surface area contributed by atoms with Crippen LogP contribution in [0.4, 0.5) is 36.2 Å². The van der Waals surface area contributed by atoms with E-state index >= 15 is 4.39 Å². The zero-order chi connectivity index (χ0) is 45.5. The number of carbonyl (C=O) groups excluding carboxylic acids is 2. The zero-order valence-corrected chi connectivity index (χ0v) is 36.4. The van der Waals surface area contributed by atoms with Crippen LogP contribution in [0.15, 0.2) is 49.1 Å². The highest BCUT2D eigenvalue weighted by atomic mass is 19.1. The van der Waals surface area contributed by atoms with Gasteiger partial charge in [0.25, 0.3) is 0 Å². The first-order valence-electron chi connectivity index (χ1n) is 21.5. The summed E-state index contributed by atoms with van der Waals surface area (Å²) in [7, 11) is 3.48. The average molecular weight is 892 g/mol. The number of aromatic nitrogens is 8. The Morgan fingerprint density at radius 3 is 1.62 bits per heavy atom. The molecule has 4 aliphatic rings. The molecule has 2 fully saturated rings. The summed E-state index contributed by atoms with van der Waals surface area (Å²) in [4.78, 5) is 27.5. The molecule has 2 atom stereocenters. The number of nitriles is 1. The molecule has 2 N–H and O–H groups in total. The van der Waals surface area contributed by atoms with Crippen molar-refractivity contribution < 1.29 is 32.2 Å². The van der Waals surface area contributed by atoms with E-state index < -0.39 is 17.5 Å². The fourth-order valence-corrected chi connectivity index (χ4v) is 8.90. The molecule has 2 aromatic carbocycles. The molecule has 2 unspecified atom stereocenters. The first-order chi connectivity index (χ1) is 31.3. The third kappa shape index (κ3) is 8.68. The van der Waals surface area contributed by atoms with Gasteiger partial charge in [0.2, 0.25) is 11.8 Å².